The van der Waals surface area contributed by atoms with Gasteiger partial charge in [-0.15, -0.1) is 0 Å². The molecule has 0 radical (unpaired) electrons. The van der Waals surface area contributed by atoms with E-state index >= 15 is 0 Å². The summed E-state index contributed by atoms with van der Waals surface area (Å²) < 4.78 is 7.19. The summed E-state index contributed by atoms with van der Waals surface area (Å²) >= 11 is 0. The lowest BCUT2D eigenvalue weighted by Gasteiger charge is -2.18. The van der Waals surface area contributed by atoms with Gasteiger partial charge in [0.1, 0.15) is 12.6 Å². The van der Waals surface area contributed by atoms with E-state index in [2.05, 4.69) is 32.2 Å². The second-order valence-corrected chi connectivity index (χ2v) is 7.20. The molecule has 2 heterocycles. The number of benzene rings is 2. The van der Waals surface area contributed by atoms with Gasteiger partial charge in [0, 0.05) is 0 Å². The maximum Gasteiger partial charge on any atom is 0.266 e. The normalized spacial score (nSPS) is 12.4. The number of hydrogen-bond donors (Lipinski definition) is 1. The van der Waals surface area contributed by atoms with Gasteiger partial charge in [-0.1, -0.05) is 18.2 Å². The summed E-state index contributed by atoms with van der Waals surface area (Å²) in [6, 6.07) is 17.4. The Morgan fingerprint density at radius 1 is 1.07 bits per heavy atom. The Bertz CT molecular complexity index is 1180. The van der Waals surface area contributed by atoms with Gasteiger partial charge in [0.2, 0.25) is 0 Å². The number of rotatable bonds is 5. The molecule has 0 aliphatic rings. The van der Waals surface area contributed by atoms with E-state index in [1.807, 2.05) is 48.5 Å². The third-order valence-corrected chi connectivity index (χ3v) is 5.21. The zero-order valence-electron chi connectivity index (χ0n) is 16.3. The number of nitrogens with zero attached hydrogens (tertiary/aromatic N) is 2. The van der Waals surface area contributed by atoms with Crippen LogP contribution in [0.25, 0.3) is 16.6 Å². The van der Waals surface area contributed by atoms with Crippen LogP contribution < -0.4 is 10.9 Å². The van der Waals surface area contributed by atoms with Crippen molar-refractivity contribution in [3.05, 3.63) is 93.9 Å². The van der Waals surface area contributed by atoms with Gasteiger partial charge in [-0.05, 0) is 68.3 Å². The van der Waals surface area contributed by atoms with Crippen molar-refractivity contribution in [1.82, 2.24) is 9.55 Å². The molecule has 0 saturated carbocycles. The molecule has 0 bridgehead atoms. The fourth-order valence-corrected chi connectivity index (χ4v) is 3.40. The molecule has 4 aromatic rings. The molecule has 28 heavy (non-hydrogen) atoms. The highest BCUT2D eigenvalue weighted by Gasteiger charge is 2.20. The average Bonchev–Trinajstić information content (AvgIpc) is 3.22. The van der Waals surface area contributed by atoms with Gasteiger partial charge in [0.05, 0.1) is 22.9 Å². The van der Waals surface area contributed by atoms with Crippen molar-refractivity contribution in [3.8, 4) is 5.69 Å². The maximum atomic E-state index is 13.4. The van der Waals surface area contributed by atoms with Crippen LogP contribution >= 0.6 is 0 Å². The first kappa shape index (κ1) is 18.2. The van der Waals surface area contributed by atoms with Gasteiger partial charge in [-0.3, -0.25) is 9.36 Å². The van der Waals surface area contributed by atoms with Crippen LogP contribution in [0.15, 0.2) is 70.1 Å². The number of para-hydroxylation sites is 1. The summed E-state index contributed by atoms with van der Waals surface area (Å²) in [6.07, 6.45) is 1.67. The van der Waals surface area contributed by atoms with Crippen LogP contribution in [0.1, 0.15) is 35.7 Å². The first-order valence-electron chi connectivity index (χ1n) is 9.49. The molecule has 0 fully saturated rings. The van der Waals surface area contributed by atoms with Gasteiger partial charge in [0.15, 0.2) is 11.6 Å². The predicted molar refractivity (Wildman–Crippen MR) is 110 cm³/mol. The highest BCUT2D eigenvalue weighted by Crippen LogP contribution is 2.18. The molecule has 0 saturated heterocycles. The molecule has 0 amide bonds. The number of hydrogen-bond acceptors (Lipinski definition) is 3. The minimum absolute atomic E-state index is 0.0241. The van der Waals surface area contributed by atoms with Gasteiger partial charge < -0.3 is 9.73 Å². The highest BCUT2D eigenvalue weighted by atomic mass is 16.3. The Labute approximate surface area is 163 Å². The second kappa shape index (κ2) is 7.44. The first-order chi connectivity index (χ1) is 13.5. The lowest BCUT2D eigenvalue weighted by Crippen LogP contribution is -2.83. The number of aromatic nitrogens is 2. The van der Waals surface area contributed by atoms with Crippen LogP contribution in [-0.4, -0.2) is 9.55 Å². The standard InChI is InChI=1S/C23H23N3O2/c1-15-10-11-18(13-16(15)2)26-22(17(3)24-14-19-7-6-12-28-19)25-21-9-5-4-8-20(21)23(26)27/h4-13,17,24H,14H2,1-3H3/p+1/t17-/m0/s1. The monoisotopic (exact) mass is 374 g/mol. The Morgan fingerprint density at radius 3 is 2.64 bits per heavy atom. The van der Waals surface area contributed by atoms with E-state index in [-0.39, 0.29) is 11.6 Å². The summed E-state index contributed by atoms with van der Waals surface area (Å²) in [5.41, 5.74) is 3.88. The number of quaternary nitrogens is 1. The Kier molecular flexibility index (Phi) is 4.84. The summed E-state index contributed by atoms with van der Waals surface area (Å²) in [5.74, 6) is 1.63. The molecular formula is C23H24N3O2+. The van der Waals surface area contributed by atoms with Crippen LogP contribution in [0, 0.1) is 13.8 Å². The number of aryl methyl sites for hydroxylation is 2. The lowest BCUT2D eigenvalue weighted by atomic mass is 10.1. The van der Waals surface area contributed by atoms with E-state index in [1.54, 1.807) is 10.8 Å². The zero-order valence-corrected chi connectivity index (χ0v) is 16.3. The third kappa shape index (κ3) is 3.37. The SMILES string of the molecule is Cc1ccc(-n2c([C@H](C)[NH2+]Cc3ccco3)nc3ccccc3c2=O)cc1C. The molecule has 0 spiro atoms. The lowest BCUT2D eigenvalue weighted by molar-refractivity contribution is -0.710. The van der Waals surface area contributed by atoms with Crippen molar-refractivity contribution in [2.24, 2.45) is 0 Å². The van der Waals surface area contributed by atoms with E-state index < -0.39 is 0 Å². The summed E-state index contributed by atoms with van der Waals surface area (Å²) in [5, 5.41) is 2.76. The predicted octanol–water partition coefficient (Wildman–Crippen LogP) is 3.42. The van der Waals surface area contributed by atoms with Crippen LogP contribution in [0.4, 0.5) is 0 Å². The number of furan rings is 1. The van der Waals surface area contributed by atoms with E-state index in [0.717, 1.165) is 28.4 Å². The summed E-state index contributed by atoms with van der Waals surface area (Å²) in [7, 11) is 0. The van der Waals surface area contributed by atoms with Gasteiger partial charge in [-0.25, -0.2) is 4.98 Å². The topological polar surface area (TPSA) is 64.6 Å². The molecule has 0 aliphatic heterocycles. The van der Waals surface area contributed by atoms with Crippen LogP contribution in [0.2, 0.25) is 0 Å². The largest absolute Gasteiger partial charge is 0.463 e. The molecule has 5 nitrogen and oxygen atoms in total. The summed E-state index contributed by atoms with van der Waals surface area (Å²) in [6.45, 7) is 6.88. The molecule has 5 heteroatoms. The molecular weight excluding hydrogens is 350 g/mol. The third-order valence-electron chi connectivity index (χ3n) is 5.21. The minimum Gasteiger partial charge on any atom is -0.463 e. The van der Waals surface area contributed by atoms with Crippen LogP contribution in [0.5, 0.6) is 0 Å². The van der Waals surface area contributed by atoms with E-state index in [1.165, 1.54) is 5.56 Å². The van der Waals surface area contributed by atoms with Crippen molar-refractivity contribution in [2.45, 2.75) is 33.4 Å². The smallest absolute Gasteiger partial charge is 0.266 e. The van der Waals surface area contributed by atoms with Crippen molar-refractivity contribution in [1.29, 1.82) is 0 Å². The van der Waals surface area contributed by atoms with Crippen LogP contribution in [-0.2, 0) is 6.54 Å². The fraction of sp³-hybridized carbons (Fsp3) is 0.217. The van der Waals surface area contributed by atoms with Gasteiger partial charge in [-0.2, -0.15) is 0 Å². The minimum atomic E-state index is -0.0397. The molecule has 2 N–H and O–H groups in total. The first-order valence-corrected chi connectivity index (χ1v) is 9.49. The van der Waals surface area contributed by atoms with E-state index in [4.69, 9.17) is 9.40 Å². The molecule has 142 valence electrons. The average molecular weight is 374 g/mol. The zero-order chi connectivity index (χ0) is 19.7. The number of fused-ring (bicyclic) bond motifs is 1. The quantitative estimate of drug-likeness (QED) is 0.582. The number of nitrogens with two attached hydrogens (primary N) is 1. The van der Waals surface area contributed by atoms with Crippen LogP contribution in [0.3, 0.4) is 0 Å². The van der Waals surface area contributed by atoms with Gasteiger partial charge >= 0.3 is 0 Å². The Morgan fingerprint density at radius 2 is 1.89 bits per heavy atom. The second-order valence-electron chi connectivity index (χ2n) is 7.20. The molecule has 0 aliphatic carbocycles. The Hall–Kier alpha value is -3.18. The van der Waals surface area contributed by atoms with Crippen molar-refractivity contribution in [3.63, 3.8) is 0 Å². The van der Waals surface area contributed by atoms with Gasteiger partial charge in [0.25, 0.3) is 5.56 Å². The molecule has 1 atom stereocenters. The van der Waals surface area contributed by atoms with Crippen molar-refractivity contribution >= 4 is 10.9 Å². The molecule has 0 unspecified atom stereocenters. The Balaban J connectivity index is 1.85. The fourth-order valence-electron chi connectivity index (χ4n) is 3.40. The van der Waals surface area contributed by atoms with Crippen molar-refractivity contribution < 1.29 is 9.73 Å². The van der Waals surface area contributed by atoms with E-state index in [9.17, 15) is 4.79 Å². The summed E-state index contributed by atoms with van der Waals surface area (Å²) in [4.78, 5) is 18.2. The molecule has 2 aromatic carbocycles. The van der Waals surface area contributed by atoms with E-state index in [0.29, 0.717) is 11.9 Å². The van der Waals surface area contributed by atoms with Crippen molar-refractivity contribution in [2.75, 3.05) is 0 Å². The molecule has 4 rings (SSSR count). The maximum absolute atomic E-state index is 13.4. The highest BCUT2D eigenvalue weighted by molar-refractivity contribution is 5.77. The molecule has 2 aromatic heterocycles.